The van der Waals surface area contributed by atoms with Gasteiger partial charge in [0.25, 0.3) is 0 Å². The Bertz CT molecular complexity index is 589. The van der Waals surface area contributed by atoms with Crippen LogP contribution < -0.4 is 5.32 Å². The van der Waals surface area contributed by atoms with E-state index < -0.39 is 0 Å². The van der Waals surface area contributed by atoms with Crippen molar-refractivity contribution >= 4 is 0 Å². The van der Waals surface area contributed by atoms with E-state index in [1.54, 1.807) is 0 Å². The highest BCUT2D eigenvalue weighted by Crippen LogP contribution is 2.27. The van der Waals surface area contributed by atoms with Crippen LogP contribution in [0.25, 0.3) is 5.69 Å². The number of para-hydroxylation sites is 1. The van der Waals surface area contributed by atoms with E-state index >= 15 is 0 Å². The molecule has 1 atom stereocenters. The maximum atomic E-state index is 5.45. The normalized spacial score (nSPS) is 16.4. The molecule has 1 N–H and O–H groups in total. The Morgan fingerprint density at radius 3 is 2.85 bits per heavy atom. The van der Waals surface area contributed by atoms with Crippen LogP contribution in [-0.4, -0.2) is 23.4 Å². The quantitative estimate of drug-likeness (QED) is 0.927. The molecule has 0 spiro atoms. The molecule has 0 fully saturated rings. The number of rotatable bonds is 4. The second kappa shape index (κ2) is 5.92. The molecule has 104 valence electrons. The van der Waals surface area contributed by atoms with E-state index in [1.165, 1.54) is 5.57 Å². The zero-order valence-electron chi connectivity index (χ0n) is 11.6. The van der Waals surface area contributed by atoms with E-state index in [1.807, 2.05) is 54.5 Å². The van der Waals surface area contributed by atoms with E-state index in [2.05, 4.69) is 16.6 Å². The molecule has 4 nitrogen and oxygen atoms in total. The third-order valence-corrected chi connectivity index (χ3v) is 3.58. The standard InChI is InChI=1S/C16H19N3O/c1-17-16(13-6-5-9-20-12-13)14-10-18-19(11-14)15-7-3-2-4-8-15/h2-4,7-8,10-12,16-17H,5-6,9H2,1H3. The lowest BCUT2D eigenvalue weighted by atomic mass is 9.98. The molecule has 1 aromatic carbocycles. The molecule has 1 aromatic heterocycles. The number of hydrogen-bond acceptors (Lipinski definition) is 3. The molecule has 0 amide bonds. The fourth-order valence-electron chi connectivity index (χ4n) is 2.57. The zero-order valence-corrected chi connectivity index (χ0v) is 11.6. The van der Waals surface area contributed by atoms with Crippen molar-refractivity contribution < 1.29 is 4.74 Å². The summed E-state index contributed by atoms with van der Waals surface area (Å²) in [6.45, 7) is 0.823. The topological polar surface area (TPSA) is 39.1 Å². The van der Waals surface area contributed by atoms with E-state index in [0.717, 1.165) is 30.7 Å². The highest BCUT2D eigenvalue weighted by atomic mass is 16.5. The summed E-state index contributed by atoms with van der Waals surface area (Å²) in [5.41, 5.74) is 3.52. The second-order valence-corrected chi connectivity index (χ2v) is 4.94. The summed E-state index contributed by atoms with van der Waals surface area (Å²) in [6.07, 6.45) is 8.04. The lowest BCUT2D eigenvalue weighted by Gasteiger charge is -2.21. The van der Waals surface area contributed by atoms with Crippen LogP contribution >= 0.6 is 0 Å². The average Bonchev–Trinajstić information content (AvgIpc) is 3.00. The third kappa shape index (κ3) is 2.60. The summed E-state index contributed by atoms with van der Waals surface area (Å²) in [4.78, 5) is 0. The first-order valence-corrected chi connectivity index (χ1v) is 6.96. The van der Waals surface area contributed by atoms with Crippen molar-refractivity contribution in [3.05, 3.63) is 60.1 Å². The number of benzene rings is 1. The van der Waals surface area contributed by atoms with E-state index in [9.17, 15) is 0 Å². The van der Waals surface area contributed by atoms with Crippen LogP contribution in [0.15, 0.2) is 54.6 Å². The minimum atomic E-state index is 0.174. The molecule has 3 rings (SSSR count). The Morgan fingerprint density at radius 1 is 1.30 bits per heavy atom. The predicted octanol–water partition coefficient (Wildman–Crippen LogP) is 2.83. The van der Waals surface area contributed by atoms with Gasteiger partial charge in [-0.25, -0.2) is 4.68 Å². The summed E-state index contributed by atoms with van der Waals surface area (Å²) in [6, 6.07) is 10.3. The number of aromatic nitrogens is 2. The molecule has 20 heavy (non-hydrogen) atoms. The van der Waals surface area contributed by atoms with Gasteiger partial charge in [0.05, 0.1) is 30.8 Å². The van der Waals surface area contributed by atoms with Gasteiger partial charge in [-0.2, -0.15) is 5.10 Å². The maximum Gasteiger partial charge on any atom is 0.0876 e. The molecule has 1 unspecified atom stereocenters. The molecular weight excluding hydrogens is 250 g/mol. The number of hydrogen-bond donors (Lipinski definition) is 1. The van der Waals surface area contributed by atoms with E-state index in [0.29, 0.717) is 0 Å². The number of likely N-dealkylation sites (N-methyl/N-ethyl adjacent to an activating group) is 1. The Kier molecular flexibility index (Phi) is 3.83. The molecule has 0 radical (unpaired) electrons. The summed E-state index contributed by atoms with van der Waals surface area (Å²) in [5.74, 6) is 0. The molecule has 0 saturated heterocycles. The molecule has 4 heteroatoms. The summed E-state index contributed by atoms with van der Waals surface area (Å²) < 4.78 is 7.36. The van der Waals surface area contributed by atoms with Crippen LogP contribution in [0, 0.1) is 0 Å². The van der Waals surface area contributed by atoms with Gasteiger partial charge in [-0.1, -0.05) is 18.2 Å². The van der Waals surface area contributed by atoms with Crippen molar-refractivity contribution in [2.45, 2.75) is 18.9 Å². The molecule has 0 aliphatic carbocycles. The molecular formula is C16H19N3O. The highest BCUT2D eigenvalue weighted by molar-refractivity contribution is 5.33. The lowest BCUT2D eigenvalue weighted by molar-refractivity contribution is 0.220. The minimum absolute atomic E-state index is 0.174. The number of nitrogens with one attached hydrogen (secondary N) is 1. The van der Waals surface area contributed by atoms with Crippen molar-refractivity contribution in [1.29, 1.82) is 0 Å². The van der Waals surface area contributed by atoms with Gasteiger partial charge in [-0.05, 0) is 37.6 Å². The maximum absolute atomic E-state index is 5.45. The molecule has 0 bridgehead atoms. The first-order chi connectivity index (χ1) is 9.88. The Labute approximate surface area is 119 Å². The Hall–Kier alpha value is -2.07. The lowest BCUT2D eigenvalue weighted by Crippen LogP contribution is -2.20. The van der Waals surface area contributed by atoms with E-state index in [4.69, 9.17) is 4.74 Å². The largest absolute Gasteiger partial charge is 0.501 e. The van der Waals surface area contributed by atoms with Gasteiger partial charge >= 0.3 is 0 Å². The Balaban J connectivity index is 1.86. The van der Waals surface area contributed by atoms with Crippen molar-refractivity contribution in [1.82, 2.24) is 15.1 Å². The minimum Gasteiger partial charge on any atom is -0.501 e. The summed E-state index contributed by atoms with van der Waals surface area (Å²) in [5, 5.41) is 7.81. The number of nitrogens with zero attached hydrogens (tertiary/aromatic N) is 2. The van der Waals surface area contributed by atoms with Gasteiger partial charge in [-0.3, -0.25) is 0 Å². The first-order valence-electron chi connectivity index (χ1n) is 6.96. The first kappa shape index (κ1) is 12.9. The van der Waals surface area contributed by atoms with Gasteiger partial charge in [0.1, 0.15) is 0 Å². The fraction of sp³-hybridized carbons (Fsp3) is 0.312. The predicted molar refractivity (Wildman–Crippen MR) is 78.6 cm³/mol. The average molecular weight is 269 g/mol. The van der Waals surface area contributed by atoms with E-state index in [-0.39, 0.29) is 6.04 Å². The fourth-order valence-corrected chi connectivity index (χ4v) is 2.57. The van der Waals surface area contributed by atoms with Gasteiger partial charge in [-0.15, -0.1) is 0 Å². The highest BCUT2D eigenvalue weighted by Gasteiger charge is 2.19. The van der Waals surface area contributed by atoms with Crippen LogP contribution in [-0.2, 0) is 4.74 Å². The summed E-state index contributed by atoms with van der Waals surface area (Å²) >= 11 is 0. The third-order valence-electron chi connectivity index (χ3n) is 3.58. The Morgan fingerprint density at radius 2 is 2.15 bits per heavy atom. The SMILES string of the molecule is CNC(C1=COCCC1)c1cnn(-c2ccccc2)c1. The van der Waals surface area contributed by atoms with Crippen LogP contribution in [0.3, 0.4) is 0 Å². The molecule has 1 aliphatic rings. The van der Waals surface area contributed by atoms with Crippen LogP contribution in [0.2, 0.25) is 0 Å². The smallest absolute Gasteiger partial charge is 0.0876 e. The molecule has 1 aliphatic heterocycles. The van der Waals surface area contributed by atoms with Gasteiger partial charge in [0.15, 0.2) is 0 Å². The van der Waals surface area contributed by atoms with Gasteiger partial charge in [0, 0.05) is 11.8 Å². The van der Waals surface area contributed by atoms with Crippen molar-refractivity contribution in [3.8, 4) is 5.69 Å². The molecule has 0 saturated carbocycles. The van der Waals surface area contributed by atoms with Crippen LogP contribution in [0.1, 0.15) is 24.4 Å². The van der Waals surface area contributed by atoms with Gasteiger partial charge in [0.2, 0.25) is 0 Å². The van der Waals surface area contributed by atoms with Crippen molar-refractivity contribution in [3.63, 3.8) is 0 Å². The molecule has 2 heterocycles. The van der Waals surface area contributed by atoms with Gasteiger partial charge < -0.3 is 10.1 Å². The van der Waals surface area contributed by atoms with Crippen LogP contribution in [0.5, 0.6) is 0 Å². The number of ether oxygens (including phenoxy) is 1. The molecule has 2 aromatic rings. The van der Waals surface area contributed by atoms with Crippen molar-refractivity contribution in [2.24, 2.45) is 0 Å². The van der Waals surface area contributed by atoms with Crippen LogP contribution in [0.4, 0.5) is 0 Å². The van der Waals surface area contributed by atoms with Crippen molar-refractivity contribution in [2.75, 3.05) is 13.7 Å². The zero-order chi connectivity index (χ0) is 13.8. The summed E-state index contributed by atoms with van der Waals surface area (Å²) in [7, 11) is 1.97. The monoisotopic (exact) mass is 269 g/mol. The second-order valence-electron chi connectivity index (χ2n) is 4.94.